The maximum atomic E-state index is 12.2. The van der Waals surface area contributed by atoms with Crippen molar-refractivity contribution in [2.75, 3.05) is 7.11 Å². The van der Waals surface area contributed by atoms with Gasteiger partial charge in [0.1, 0.15) is 4.90 Å². The van der Waals surface area contributed by atoms with Crippen LogP contribution in [0.2, 0.25) is 10.0 Å². The molecule has 2 rings (SSSR count). The molecule has 0 N–H and O–H groups in total. The molecule has 2 aromatic carbocycles. The quantitative estimate of drug-likeness (QED) is 0.782. The molecule has 0 atom stereocenters. The first kappa shape index (κ1) is 15.9. The van der Waals surface area contributed by atoms with Gasteiger partial charge in [-0.2, -0.15) is 8.42 Å². The van der Waals surface area contributed by atoms with E-state index in [1.54, 1.807) is 12.1 Å². The van der Waals surface area contributed by atoms with Crippen molar-refractivity contribution in [2.24, 2.45) is 0 Å². The molecule has 0 aliphatic heterocycles. The predicted octanol–water partition coefficient (Wildman–Crippen LogP) is 4.08. The van der Waals surface area contributed by atoms with Crippen LogP contribution >= 0.6 is 23.2 Å². The molecule has 112 valence electrons. The van der Waals surface area contributed by atoms with Gasteiger partial charge in [0.15, 0.2) is 11.5 Å². The Labute approximate surface area is 133 Å². The first-order valence-corrected chi connectivity index (χ1v) is 8.04. The van der Waals surface area contributed by atoms with Gasteiger partial charge in [-0.15, -0.1) is 0 Å². The van der Waals surface area contributed by atoms with Gasteiger partial charge in [0.05, 0.1) is 17.2 Å². The summed E-state index contributed by atoms with van der Waals surface area (Å²) < 4.78 is 34.7. The molecule has 21 heavy (non-hydrogen) atoms. The van der Waals surface area contributed by atoms with Gasteiger partial charge in [0, 0.05) is 0 Å². The molecule has 0 saturated carbocycles. The molecule has 0 aliphatic carbocycles. The SMILES string of the molecule is COc1cc(C)ccc1OS(=O)(=O)c1ccc(Cl)c(Cl)c1. The maximum absolute atomic E-state index is 12.2. The van der Waals surface area contributed by atoms with Crippen LogP contribution in [-0.2, 0) is 10.1 Å². The number of halogens is 2. The standard InChI is InChI=1S/C14H12Cl2O4S/c1-9-3-6-13(14(7-9)19-2)20-21(17,18)10-4-5-11(15)12(16)8-10/h3-8H,1-2H3. The van der Waals surface area contributed by atoms with E-state index >= 15 is 0 Å². The average Bonchev–Trinajstić information content (AvgIpc) is 2.43. The van der Waals surface area contributed by atoms with Crippen LogP contribution in [-0.4, -0.2) is 15.5 Å². The second-order valence-corrected chi connectivity index (χ2v) is 6.63. The average molecular weight is 347 g/mol. The van der Waals surface area contributed by atoms with Crippen molar-refractivity contribution in [1.29, 1.82) is 0 Å². The number of hydrogen-bond donors (Lipinski definition) is 0. The van der Waals surface area contributed by atoms with Crippen LogP contribution in [0.25, 0.3) is 0 Å². The molecular weight excluding hydrogens is 335 g/mol. The fourth-order valence-corrected chi connectivity index (χ4v) is 2.97. The topological polar surface area (TPSA) is 52.6 Å². The van der Waals surface area contributed by atoms with E-state index in [2.05, 4.69) is 0 Å². The summed E-state index contributed by atoms with van der Waals surface area (Å²) in [5.74, 6) is 0.438. The number of benzene rings is 2. The van der Waals surface area contributed by atoms with Crippen LogP contribution in [0.3, 0.4) is 0 Å². The van der Waals surface area contributed by atoms with Crippen molar-refractivity contribution < 1.29 is 17.3 Å². The Balaban J connectivity index is 2.39. The van der Waals surface area contributed by atoms with E-state index in [-0.39, 0.29) is 20.7 Å². The zero-order chi connectivity index (χ0) is 15.6. The molecule has 0 spiro atoms. The minimum atomic E-state index is -4.02. The Morgan fingerprint density at radius 3 is 2.29 bits per heavy atom. The summed E-state index contributed by atoms with van der Waals surface area (Å²) in [6.07, 6.45) is 0. The molecule has 4 nitrogen and oxygen atoms in total. The molecule has 2 aromatic rings. The van der Waals surface area contributed by atoms with Gasteiger partial charge in [-0.25, -0.2) is 0 Å². The molecule has 0 saturated heterocycles. The Kier molecular flexibility index (Phi) is 4.66. The predicted molar refractivity (Wildman–Crippen MR) is 82.0 cm³/mol. The van der Waals surface area contributed by atoms with Crippen molar-refractivity contribution in [3.05, 3.63) is 52.0 Å². The van der Waals surface area contributed by atoms with Crippen LogP contribution in [0.5, 0.6) is 11.5 Å². The van der Waals surface area contributed by atoms with Gasteiger partial charge in [0.2, 0.25) is 0 Å². The Morgan fingerprint density at radius 2 is 1.67 bits per heavy atom. The van der Waals surface area contributed by atoms with Crippen LogP contribution in [0, 0.1) is 6.92 Å². The molecule has 0 aromatic heterocycles. The highest BCUT2D eigenvalue weighted by atomic mass is 35.5. The fourth-order valence-electron chi connectivity index (χ4n) is 1.64. The van der Waals surface area contributed by atoms with E-state index < -0.39 is 10.1 Å². The third kappa shape index (κ3) is 3.61. The normalized spacial score (nSPS) is 11.2. The van der Waals surface area contributed by atoms with Crippen molar-refractivity contribution >= 4 is 33.3 Å². The van der Waals surface area contributed by atoms with E-state index in [0.717, 1.165) is 5.56 Å². The highest BCUT2D eigenvalue weighted by Crippen LogP contribution is 2.32. The third-order valence-corrected chi connectivity index (χ3v) is 4.67. The number of methoxy groups -OCH3 is 1. The lowest BCUT2D eigenvalue weighted by molar-refractivity contribution is 0.390. The Bertz CT molecular complexity index is 773. The zero-order valence-corrected chi connectivity index (χ0v) is 13.6. The highest BCUT2D eigenvalue weighted by Gasteiger charge is 2.20. The minimum absolute atomic E-state index is 0.0838. The van der Waals surface area contributed by atoms with Crippen LogP contribution in [0.4, 0.5) is 0 Å². The van der Waals surface area contributed by atoms with Crippen molar-refractivity contribution in [2.45, 2.75) is 11.8 Å². The lowest BCUT2D eigenvalue weighted by Gasteiger charge is -2.11. The summed E-state index contributed by atoms with van der Waals surface area (Å²) in [5, 5.41) is 0.403. The van der Waals surface area contributed by atoms with Crippen LogP contribution < -0.4 is 8.92 Å². The van der Waals surface area contributed by atoms with E-state index in [9.17, 15) is 8.42 Å². The molecule has 0 amide bonds. The number of rotatable bonds is 4. The number of ether oxygens (including phenoxy) is 1. The van der Waals surface area contributed by atoms with E-state index in [1.165, 1.54) is 31.4 Å². The number of hydrogen-bond acceptors (Lipinski definition) is 4. The van der Waals surface area contributed by atoms with Crippen molar-refractivity contribution in [3.8, 4) is 11.5 Å². The number of aryl methyl sites for hydroxylation is 1. The van der Waals surface area contributed by atoms with Gasteiger partial charge in [-0.3, -0.25) is 0 Å². The smallest absolute Gasteiger partial charge is 0.339 e. The largest absolute Gasteiger partial charge is 0.493 e. The molecule has 0 radical (unpaired) electrons. The second-order valence-electron chi connectivity index (χ2n) is 4.27. The zero-order valence-electron chi connectivity index (χ0n) is 11.3. The van der Waals surface area contributed by atoms with Gasteiger partial charge in [0.25, 0.3) is 0 Å². The Morgan fingerprint density at radius 1 is 0.952 bits per heavy atom. The summed E-state index contributed by atoms with van der Waals surface area (Å²) in [4.78, 5) is -0.0838. The van der Waals surface area contributed by atoms with Crippen molar-refractivity contribution in [3.63, 3.8) is 0 Å². The molecule has 0 aliphatic rings. The second kappa shape index (κ2) is 6.13. The van der Waals surface area contributed by atoms with Gasteiger partial charge in [-0.1, -0.05) is 29.3 Å². The summed E-state index contributed by atoms with van der Waals surface area (Å²) in [6.45, 7) is 1.86. The van der Waals surface area contributed by atoms with Gasteiger partial charge >= 0.3 is 10.1 Å². The summed E-state index contributed by atoms with van der Waals surface area (Å²) in [6, 6.07) is 8.89. The molecule has 0 fully saturated rings. The maximum Gasteiger partial charge on any atom is 0.339 e. The lowest BCUT2D eigenvalue weighted by atomic mass is 10.2. The molecule has 0 bridgehead atoms. The summed E-state index contributed by atoms with van der Waals surface area (Å²) >= 11 is 11.6. The lowest BCUT2D eigenvalue weighted by Crippen LogP contribution is -2.10. The highest BCUT2D eigenvalue weighted by molar-refractivity contribution is 7.87. The first-order valence-electron chi connectivity index (χ1n) is 5.87. The van der Waals surface area contributed by atoms with Gasteiger partial charge < -0.3 is 8.92 Å². The van der Waals surface area contributed by atoms with E-state index in [1.807, 2.05) is 6.92 Å². The van der Waals surface area contributed by atoms with E-state index in [4.69, 9.17) is 32.1 Å². The summed E-state index contributed by atoms with van der Waals surface area (Å²) in [7, 11) is -2.58. The molecule has 0 unspecified atom stereocenters. The first-order chi connectivity index (χ1) is 9.83. The van der Waals surface area contributed by atoms with Crippen LogP contribution in [0.15, 0.2) is 41.3 Å². The molecular formula is C14H12Cl2O4S. The minimum Gasteiger partial charge on any atom is -0.493 e. The van der Waals surface area contributed by atoms with Crippen LogP contribution in [0.1, 0.15) is 5.56 Å². The molecule has 0 heterocycles. The third-order valence-electron chi connectivity index (χ3n) is 2.70. The van der Waals surface area contributed by atoms with Crippen molar-refractivity contribution in [1.82, 2.24) is 0 Å². The fraction of sp³-hybridized carbons (Fsp3) is 0.143. The monoisotopic (exact) mass is 346 g/mol. The summed E-state index contributed by atoms with van der Waals surface area (Å²) in [5.41, 5.74) is 0.922. The Hall–Kier alpha value is -1.43. The van der Waals surface area contributed by atoms with Gasteiger partial charge in [-0.05, 0) is 42.8 Å². The van der Waals surface area contributed by atoms with E-state index in [0.29, 0.717) is 5.75 Å². The molecule has 7 heteroatoms.